The number of halogens is 2. The fourth-order valence-corrected chi connectivity index (χ4v) is 5.74. The number of benzene rings is 3. The number of thiazole rings is 1. The van der Waals surface area contributed by atoms with E-state index < -0.39 is 5.82 Å². The lowest BCUT2D eigenvalue weighted by Crippen LogP contribution is -2.15. The summed E-state index contributed by atoms with van der Waals surface area (Å²) in [6.07, 6.45) is 1.71. The quantitative estimate of drug-likeness (QED) is 0.140. The summed E-state index contributed by atoms with van der Waals surface area (Å²) in [4.78, 5) is 17.4. The van der Waals surface area contributed by atoms with Crippen LogP contribution >= 0.6 is 34.7 Å². The van der Waals surface area contributed by atoms with Crippen molar-refractivity contribution in [3.05, 3.63) is 95.5 Å². The summed E-state index contributed by atoms with van der Waals surface area (Å²) in [5.41, 5.74) is 3.88. The first kappa shape index (κ1) is 26.9. The lowest BCUT2D eigenvalue weighted by molar-refractivity contribution is -0.113. The van der Waals surface area contributed by atoms with Gasteiger partial charge in [-0.25, -0.2) is 9.37 Å². The van der Waals surface area contributed by atoms with Gasteiger partial charge in [0.05, 0.1) is 21.0 Å². The first-order chi connectivity index (χ1) is 18.9. The fraction of sp³-hybridized carbons (Fsp3) is 0.143. The summed E-state index contributed by atoms with van der Waals surface area (Å²) in [6.45, 7) is 6.38. The molecule has 7 nitrogen and oxygen atoms in total. The van der Waals surface area contributed by atoms with Gasteiger partial charge in [-0.3, -0.25) is 9.36 Å². The number of aromatic nitrogens is 4. The molecule has 0 saturated carbocycles. The summed E-state index contributed by atoms with van der Waals surface area (Å²) in [5, 5.41) is 12.8. The third-order valence-corrected chi connectivity index (χ3v) is 7.98. The Morgan fingerprint density at radius 3 is 2.77 bits per heavy atom. The molecule has 11 heteroatoms. The number of carbonyl (C=O) groups excluding carboxylic acids is 1. The molecule has 1 N–H and O–H groups in total. The van der Waals surface area contributed by atoms with Gasteiger partial charge in [-0.2, -0.15) is 0 Å². The summed E-state index contributed by atoms with van der Waals surface area (Å²) in [6, 6.07) is 18.0. The number of hydrogen-bond acceptors (Lipinski definition) is 7. The zero-order valence-electron chi connectivity index (χ0n) is 20.9. The van der Waals surface area contributed by atoms with Gasteiger partial charge in [-0.1, -0.05) is 35.5 Å². The molecule has 0 saturated heterocycles. The van der Waals surface area contributed by atoms with Crippen molar-refractivity contribution in [3.8, 4) is 16.3 Å². The van der Waals surface area contributed by atoms with E-state index in [4.69, 9.17) is 21.3 Å². The number of thioether (sulfide) groups is 1. The molecule has 198 valence electrons. The standard InChI is InChI=1S/C28H23ClFN5O2S2/c1-3-12-35-25(15-37-20-9-10-22(30)21(29)14-20)33-34-28(35)38-16-26(36)31-19-7-5-18(6-8-19)27-32-23-11-4-17(2)13-24(23)39-27/h3-11,13-14H,1,12,15-16H2,2H3,(H,31,36). The Labute approximate surface area is 237 Å². The highest BCUT2D eigenvalue weighted by atomic mass is 35.5. The highest BCUT2D eigenvalue weighted by Gasteiger charge is 2.15. The molecule has 2 heterocycles. The van der Waals surface area contributed by atoms with Crippen LogP contribution in [0.15, 0.2) is 78.5 Å². The maximum absolute atomic E-state index is 13.4. The number of anilines is 1. The number of nitrogens with one attached hydrogen (secondary N) is 1. The van der Waals surface area contributed by atoms with Crippen LogP contribution in [0.5, 0.6) is 5.75 Å². The Kier molecular flexibility index (Phi) is 8.25. The van der Waals surface area contributed by atoms with Crippen molar-refractivity contribution in [1.29, 1.82) is 0 Å². The molecule has 1 amide bonds. The van der Waals surface area contributed by atoms with Crippen molar-refractivity contribution >= 4 is 56.5 Å². The van der Waals surface area contributed by atoms with Crippen LogP contribution in [0.1, 0.15) is 11.4 Å². The number of amides is 1. The molecule has 0 aliphatic heterocycles. The van der Waals surface area contributed by atoms with Crippen LogP contribution in [0, 0.1) is 12.7 Å². The molecule has 0 spiro atoms. The van der Waals surface area contributed by atoms with Crippen LogP contribution in [0.3, 0.4) is 0 Å². The van der Waals surface area contributed by atoms with Crippen molar-refractivity contribution < 1.29 is 13.9 Å². The highest BCUT2D eigenvalue weighted by Crippen LogP contribution is 2.31. The molecule has 5 aromatic rings. The van der Waals surface area contributed by atoms with Gasteiger partial charge >= 0.3 is 0 Å². The van der Waals surface area contributed by atoms with Crippen molar-refractivity contribution in [2.75, 3.05) is 11.1 Å². The first-order valence-electron chi connectivity index (χ1n) is 11.9. The van der Waals surface area contributed by atoms with Gasteiger partial charge in [0.15, 0.2) is 11.0 Å². The van der Waals surface area contributed by atoms with E-state index in [1.807, 2.05) is 34.9 Å². The van der Waals surface area contributed by atoms with Gasteiger partial charge in [0, 0.05) is 23.9 Å². The van der Waals surface area contributed by atoms with E-state index in [0.717, 1.165) is 20.8 Å². The average Bonchev–Trinajstić information content (AvgIpc) is 3.52. The molecular formula is C28H23ClFN5O2S2. The molecule has 0 fully saturated rings. The summed E-state index contributed by atoms with van der Waals surface area (Å²) < 4.78 is 22.0. The highest BCUT2D eigenvalue weighted by molar-refractivity contribution is 7.99. The van der Waals surface area contributed by atoms with Crippen molar-refractivity contribution in [2.45, 2.75) is 25.2 Å². The van der Waals surface area contributed by atoms with E-state index >= 15 is 0 Å². The smallest absolute Gasteiger partial charge is 0.234 e. The number of rotatable bonds is 10. The van der Waals surface area contributed by atoms with Crippen molar-refractivity contribution in [3.63, 3.8) is 0 Å². The molecule has 2 aromatic heterocycles. The van der Waals surface area contributed by atoms with Gasteiger partial charge in [-0.05, 0) is 61.0 Å². The van der Waals surface area contributed by atoms with E-state index in [-0.39, 0.29) is 23.3 Å². The molecule has 0 aliphatic rings. The largest absolute Gasteiger partial charge is 0.486 e. The summed E-state index contributed by atoms with van der Waals surface area (Å²) in [7, 11) is 0. The number of allylic oxidation sites excluding steroid dienone is 1. The van der Waals surface area contributed by atoms with Crippen LogP contribution in [-0.4, -0.2) is 31.4 Å². The van der Waals surface area contributed by atoms with Gasteiger partial charge < -0.3 is 10.1 Å². The topological polar surface area (TPSA) is 81.9 Å². The van der Waals surface area contributed by atoms with Gasteiger partial charge in [0.1, 0.15) is 23.2 Å². The summed E-state index contributed by atoms with van der Waals surface area (Å²) in [5.74, 6) is 0.402. The lowest BCUT2D eigenvalue weighted by atomic mass is 10.2. The fourth-order valence-electron chi connectivity index (χ4n) is 3.74. The second-order valence-electron chi connectivity index (χ2n) is 8.57. The van der Waals surface area contributed by atoms with Gasteiger partial charge in [0.2, 0.25) is 5.91 Å². The third-order valence-electron chi connectivity index (χ3n) is 5.66. The molecule has 0 bridgehead atoms. The van der Waals surface area contributed by atoms with E-state index in [1.54, 1.807) is 17.4 Å². The van der Waals surface area contributed by atoms with Crippen LogP contribution in [0.2, 0.25) is 5.02 Å². The minimum atomic E-state index is -0.519. The number of fused-ring (bicyclic) bond motifs is 1. The predicted molar refractivity (Wildman–Crippen MR) is 155 cm³/mol. The molecular weight excluding hydrogens is 557 g/mol. The number of nitrogens with zero attached hydrogens (tertiary/aromatic N) is 4. The van der Waals surface area contributed by atoms with Gasteiger partial charge in [0.25, 0.3) is 0 Å². The molecule has 5 rings (SSSR count). The Morgan fingerprint density at radius 2 is 2.00 bits per heavy atom. The van der Waals surface area contributed by atoms with Gasteiger partial charge in [-0.15, -0.1) is 28.1 Å². The third kappa shape index (κ3) is 6.47. The SMILES string of the molecule is C=CCn1c(COc2ccc(F)c(Cl)c2)nnc1SCC(=O)Nc1ccc(-c2nc3ccc(C)cc3s2)cc1. The van der Waals surface area contributed by atoms with E-state index in [2.05, 4.69) is 41.1 Å². The molecule has 0 radical (unpaired) electrons. The van der Waals surface area contributed by atoms with E-state index in [0.29, 0.717) is 29.0 Å². The Balaban J connectivity index is 1.18. The number of carbonyl (C=O) groups is 1. The van der Waals surface area contributed by atoms with Crippen LogP contribution in [0.4, 0.5) is 10.1 Å². The van der Waals surface area contributed by atoms with Crippen LogP contribution < -0.4 is 10.1 Å². The van der Waals surface area contributed by atoms with Crippen molar-refractivity contribution in [2.24, 2.45) is 0 Å². The maximum Gasteiger partial charge on any atom is 0.234 e. The predicted octanol–water partition coefficient (Wildman–Crippen LogP) is 7.15. The first-order valence-corrected chi connectivity index (χ1v) is 14.1. The average molecular weight is 580 g/mol. The molecule has 3 aromatic carbocycles. The minimum Gasteiger partial charge on any atom is -0.486 e. The Morgan fingerprint density at radius 1 is 1.18 bits per heavy atom. The Bertz CT molecular complexity index is 1650. The van der Waals surface area contributed by atoms with Crippen LogP contribution in [-0.2, 0) is 17.9 Å². The van der Waals surface area contributed by atoms with E-state index in [1.165, 1.54) is 35.5 Å². The minimum absolute atomic E-state index is 0.0243. The molecule has 39 heavy (non-hydrogen) atoms. The van der Waals surface area contributed by atoms with Crippen molar-refractivity contribution in [1.82, 2.24) is 19.7 Å². The molecule has 0 unspecified atom stereocenters. The monoisotopic (exact) mass is 579 g/mol. The van der Waals surface area contributed by atoms with E-state index in [9.17, 15) is 9.18 Å². The number of hydrogen-bond donors (Lipinski definition) is 1. The normalized spacial score (nSPS) is 11.1. The zero-order chi connectivity index (χ0) is 27.4. The molecule has 0 atom stereocenters. The number of aryl methyl sites for hydroxylation is 1. The second-order valence-corrected chi connectivity index (χ2v) is 10.9. The Hall–Kier alpha value is -3.73. The number of ether oxygens (including phenoxy) is 1. The second kappa shape index (κ2) is 12.0. The zero-order valence-corrected chi connectivity index (χ0v) is 23.2. The van der Waals surface area contributed by atoms with Crippen LogP contribution in [0.25, 0.3) is 20.8 Å². The lowest BCUT2D eigenvalue weighted by Gasteiger charge is -2.10. The summed E-state index contributed by atoms with van der Waals surface area (Å²) >= 11 is 8.73. The molecule has 0 aliphatic carbocycles. The maximum atomic E-state index is 13.4.